The molecule has 0 amide bonds. The highest BCUT2D eigenvalue weighted by Gasteiger charge is 2.30. The molecule has 1 aliphatic heterocycles. The van der Waals surface area contributed by atoms with E-state index in [0.717, 1.165) is 16.6 Å². The zero-order valence-electron chi connectivity index (χ0n) is 12.0. The lowest BCUT2D eigenvalue weighted by Crippen LogP contribution is -2.49. The van der Waals surface area contributed by atoms with Gasteiger partial charge < -0.3 is 9.47 Å². The summed E-state index contributed by atoms with van der Waals surface area (Å²) < 4.78 is 10.2. The number of aromatic nitrogens is 1. The predicted molar refractivity (Wildman–Crippen MR) is 78.8 cm³/mol. The Morgan fingerprint density at radius 3 is 3.10 bits per heavy atom. The fourth-order valence-electron chi connectivity index (χ4n) is 2.58. The lowest BCUT2D eigenvalue weighted by atomic mass is 10.1. The van der Waals surface area contributed by atoms with Crippen LogP contribution in [0.25, 0.3) is 10.9 Å². The molecular weight excluding hydrogens is 268 g/mol. The highest BCUT2D eigenvalue weighted by atomic mass is 16.5. The largest absolute Gasteiger partial charge is 0.468 e. The minimum Gasteiger partial charge on any atom is -0.468 e. The number of rotatable bonds is 3. The van der Waals surface area contributed by atoms with Gasteiger partial charge in [0, 0.05) is 18.5 Å². The third kappa shape index (κ3) is 3.04. The smallest absolute Gasteiger partial charge is 0.325 e. The molecule has 0 spiro atoms. The molecule has 1 aliphatic rings. The number of esters is 1. The van der Waals surface area contributed by atoms with Crippen molar-refractivity contribution in [2.75, 3.05) is 26.9 Å². The van der Waals surface area contributed by atoms with Gasteiger partial charge in [-0.1, -0.05) is 24.3 Å². The number of hydrogen-bond donors (Lipinski definition) is 0. The molecule has 5 heteroatoms. The molecule has 1 aromatic heterocycles. The monoisotopic (exact) mass is 286 g/mol. The van der Waals surface area contributed by atoms with Gasteiger partial charge in [-0.25, -0.2) is 0 Å². The summed E-state index contributed by atoms with van der Waals surface area (Å²) >= 11 is 0. The number of pyridine rings is 1. The van der Waals surface area contributed by atoms with Crippen LogP contribution in [0.2, 0.25) is 0 Å². The lowest BCUT2D eigenvalue weighted by Gasteiger charge is -2.33. The van der Waals surface area contributed by atoms with Crippen molar-refractivity contribution in [2.24, 2.45) is 0 Å². The standard InChI is InChI=1S/C16H18N2O3/c1-20-16(19)15-11-21-9-8-18(15)10-13-7-6-12-4-2-3-5-14(12)17-13/h2-7,15H,8-11H2,1H3. The first-order valence-corrected chi connectivity index (χ1v) is 7.02. The van der Waals surface area contributed by atoms with Crippen LogP contribution in [0.4, 0.5) is 0 Å². The van der Waals surface area contributed by atoms with Crippen LogP contribution in [0, 0.1) is 0 Å². The van der Waals surface area contributed by atoms with Crippen LogP contribution in [0.1, 0.15) is 5.69 Å². The number of benzene rings is 1. The Morgan fingerprint density at radius 1 is 1.38 bits per heavy atom. The summed E-state index contributed by atoms with van der Waals surface area (Å²) in [6.07, 6.45) is 0. The topological polar surface area (TPSA) is 51.7 Å². The van der Waals surface area contributed by atoms with Gasteiger partial charge in [0.15, 0.2) is 0 Å². The maximum Gasteiger partial charge on any atom is 0.325 e. The molecule has 5 nitrogen and oxygen atoms in total. The molecule has 2 aromatic rings. The average Bonchev–Trinajstić information content (AvgIpc) is 2.54. The highest BCUT2D eigenvalue weighted by Crippen LogP contribution is 2.16. The van der Waals surface area contributed by atoms with Crippen molar-refractivity contribution in [3.8, 4) is 0 Å². The Labute approximate surface area is 123 Å². The van der Waals surface area contributed by atoms with E-state index < -0.39 is 0 Å². The number of carbonyl (C=O) groups is 1. The molecule has 21 heavy (non-hydrogen) atoms. The van der Waals surface area contributed by atoms with Gasteiger partial charge in [-0.3, -0.25) is 14.7 Å². The van der Waals surface area contributed by atoms with E-state index in [4.69, 9.17) is 9.47 Å². The van der Waals surface area contributed by atoms with E-state index in [1.54, 1.807) is 0 Å². The van der Waals surface area contributed by atoms with Gasteiger partial charge >= 0.3 is 5.97 Å². The first kappa shape index (κ1) is 14.0. The van der Waals surface area contributed by atoms with Gasteiger partial charge in [0.2, 0.25) is 0 Å². The molecule has 1 atom stereocenters. The minimum absolute atomic E-state index is 0.254. The molecule has 0 aliphatic carbocycles. The van der Waals surface area contributed by atoms with Crippen LogP contribution in [-0.4, -0.2) is 48.8 Å². The second-order valence-corrected chi connectivity index (χ2v) is 5.08. The van der Waals surface area contributed by atoms with Gasteiger partial charge in [0.05, 0.1) is 31.5 Å². The molecule has 1 unspecified atom stereocenters. The van der Waals surface area contributed by atoms with Crippen molar-refractivity contribution in [1.82, 2.24) is 9.88 Å². The predicted octanol–water partition coefficient (Wildman–Crippen LogP) is 1.61. The van der Waals surface area contributed by atoms with Crippen molar-refractivity contribution in [1.29, 1.82) is 0 Å². The number of fused-ring (bicyclic) bond motifs is 1. The van der Waals surface area contributed by atoms with E-state index in [1.165, 1.54) is 7.11 Å². The Balaban J connectivity index is 1.80. The first-order valence-electron chi connectivity index (χ1n) is 7.02. The maximum atomic E-state index is 11.8. The SMILES string of the molecule is COC(=O)C1COCCN1Cc1ccc2ccccc2n1. The molecule has 1 fully saturated rings. The van der Waals surface area contributed by atoms with E-state index in [1.807, 2.05) is 30.3 Å². The normalized spacial score (nSPS) is 19.6. The quantitative estimate of drug-likeness (QED) is 0.802. The second-order valence-electron chi connectivity index (χ2n) is 5.08. The van der Waals surface area contributed by atoms with Crippen LogP contribution in [0.3, 0.4) is 0 Å². The number of morpholine rings is 1. The summed E-state index contributed by atoms with van der Waals surface area (Å²) in [7, 11) is 1.41. The lowest BCUT2D eigenvalue weighted by molar-refractivity contribution is -0.153. The molecule has 0 saturated carbocycles. The second kappa shape index (κ2) is 6.20. The van der Waals surface area contributed by atoms with E-state index in [9.17, 15) is 4.79 Å². The summed E-state index contributed by atoms with van der Waals surface area (Å²) in [5.41, 5.74) is 1.92. The van der Waals surface area contributed by atoms with Gasteiger partial charge in [0.25, 0.3) is 0 Å². The Hall–Kier alpha value is -1.98. The average molecular weight is 286 g/mol. The molecule has 1 aromatic carbocycles. The van der Waals surface area contributed by atoms with Gasteiger partial charge in [0.1, 0.15) is 6.04 Å². The van der Waals surface area contributed by atoms with Gasteiger partial charge in [-0.05, 0) is 12.1 Å². The summed E-state index contributed by atoms with van der Waals surface area (Å²) in [4.78, 5) is 18.5. The third-order valence-electron chi connectivity index (χ3n) is 3.73. The van der Waals surface area contributed by atoms with Crippen molar-refractivity contribution in [3.05, 3.63) is 42.1 Å². The number of nitrogens with zero attached hydrogens (tertiary/aromatic N) is 2. The zero-order chi connectivity index (χ0) is 14.7. The summed E-state index contributed by atoms with van der Waals surface area (Å²) in [6, 6.07) is 11.7. The summed E-state index contributed by atoms with van der Waals surface area (Å²) in [5, 5.41) is 1.12. The van der Waals surface area contributed by atoms with E-state index in [0.29, 0.717) is 26.3 Å². The van der Waals surface area contributed by atoms with E-state index in [-0.39, 0.29) is 12.0 Å². The van der Waals surface area contributed by atoms with Crippen LogP contribution in [0.5, 0.6) is 0 Å². The molecular formula is C16H18N2O3. The Morgan fingerprint density at radius 2 is 2.24 bits per heavy atom. The van der Waals surface area contributed by atoms with Gasteiger partial charge in [-0.15, -0.1) is 0 Å². The van der Waals surface area contributed by atoms with Gasteiger partial charge in [-0.2, -0.15) is 0 Å². The van der Waals surface area contributed by atoms with Crippen molar-refractivity contribution in [2.45, 2.75) is 12.6 Å². The molecule has 0 N–H and O–H groups in total. The van der Waals surface area contributed by atoms with Crippen molar-refractivity contribution in [3.63, 3.8) is 0 Å². The van der Waals surface area contributed by atoms with Crippen molar-refractivity contribution >= 4 is 16.9 Å². The molecule has 3 rings (SSSR count). The molecule has 110 valence electrons. The van der Waals surface area contributed by atoms with Crippen LogP contribution >= 0.6 is 0 Å². The fourth-order valence-corrected chi connectivity index (χ4v) is 2.58. The van der Waals surface area contributed by atoms with E-state index >= 15 is 0 Å². The number of carbonyl (C=O) groups excluding carboxylic acids is 1. The molecule has 2 heterocycles. The Bertz CT molecular complexity index is 644. The zero-order valence-corrected chi connectivity index (χ0v) is 12.0. The maximum absolute atomic E-state index is 11.8. The summed E-state index contributed by atoms with van der Waals surface area (Å²) in [6.45, 7) is 2.32. The fraction of sp³-hybridized carbons (Fsp3) is 0.375. The minimum atomic E-state index is -0.350. The van der Waals surface area contributed by atoms with Crippen LogP contribution in [0.15, 0.2) is 36.4 Å². The molecule has 1 saturated heterocycles. The molecule has 0 radical (unpaired) electrons. The number of ether oxygens (including phenoxy) is 2. The third-order valence-corrected chi connectivity index (χ3v) is 3.73. The Kier molecular flexibility index (Phi) is 4.13. The molecule has 0 bridgehead atoms. The van der Waals surface area contributed by atoms with Crippen molar-refractivity contribution < 1.29 is 14.3 Å². The van der Waals surface area contributed by atoms with Crippen LogP contribution < -0.4 is 0 Å². The van der Waals surface area contributed by atoms with E-state index in [2.05, 4.69) is 16.0 Å². The highest BCUT2D eigenvalue weighted by molar-refractivity contribution is 5.78. The summed E-state index contributed by atoms with van der Waals surface area (Å²) in [5.74, 6) is -0.254. The number of para-hydroxylation sites is 1. The number of methoxy groups -OCH3 is 1. The van der Waals surface area contributed by atoms with Crippen LogP contribution in [-0.2, 0) is 20.8 Å². The number of hydrogen-bond acceptors (Lipinski definition) is 5. The first-order chi connectivity index (χ1) is 10.3.